The van der Waals surface area contributed by atoms with Crippen LogP contribution in [-0.2, 0) is 9.53 Å². The first-order chi connectivity index (χ1) is 13.4. The Hall–Kier alpha value is -2.91. The molecular formula is C22H24N2O3S. The monoisotopic (exact) mass is 396 g/mol. The van der Waals surface area contributed by atoms with Crippen molar-refractivity contribution in [3.8, 4) is 6.07 Å². The number of amides is 1. The van der Waals surface area contributed by atoms with Gasteiger partial charge in [-0.1, -0.05) is 57.2 Å². The summed E-state index contributed by atoms with van der Waals surface area (Å²) in [7, 11) is 1.30. The van der Waals surface area contributed by atoms with Crippen LogP contribution in [0.2, 0.25) is 0 Å². The zero-order valence-corrected chi connectivity index (χ0v) is 17.3. The largest absolute Gasteiger partial charge is 0.465 e. The van der Waals surface area contributed by atoms with Gasteiger partial charge >= 0.3 is 5.97 Å². The first-order valence-corrected chi connectivity index (χ1v) is 9.87. The van der Waals surface area contributed by atoms with Gasteiger partial charge in [-0.3, -0.25) is 4.79 Å². The molecule has 1 aromatic heterocycles. The lowest BCUT2D eigenvalue weighted by molar-refractivity contribution is -0.112. The van der Waals surface area contributed by atoms with Crippen molar-refractivity contribution < 1.29 is 14.3 Å². The van der Waals surface area contributed by atoms with E-state index in [4.69, 9.17) is 4.74 Å². The van der Waals surface area contributed by atoms with Crippen molar-refractivity contribution in [3.63, 3.8) is 0 Å². The van der Waals surface area contributed by atoms with Gasteiger partial charge in [-0.25, -0.2) is 4.79 Å². The number of nitrogens with zero attached hydrogens (tertiary/aromatic N) is 1. The van der Waals surface area contributed by atoms with Gasteiger partial charge in [-0.2, -0.15) is 5.26 Å². The predicted molar refractivity (Wildman–Crippen MR) is 112 cm³/mol. The molecule has 0 aliphatic carbocycles. The van der Waals surface area contributed by atoms with Gasteiger partial charge < -0.3 is 10.1 Å². The number of allylic oxidation sites excluding steroid dienone is 1. The molecule has 0 aliphatic heterocycles. The second-order valence-corrected chi connectivity index (χ2v) is 7.85. The molecular weight excluding hydrogens is 372 g/mol. The van der Waals surface area contributed by atoms with Gasteiger partial charge in [0.05, 0.1) is 12.7 Å². The number of benzene rings is 1. The van der Waals surface area contributed by atoms with Gasteiger partial charge in [0, 0.05) is 4.88 Å². The number of carbonyl (C=O) groups excluding carboxylic acids is 2. The first-order valence-electron chi connectivity index (χ1n) is 9.06. The van der Waals surface area contributed by atoms with Crippen LogP contribution in [-0.4, -0.2) is 19.0 Å². The smallest absolute Gasteiger partial charge is 0.340 e. The van der Waals surface area contributed by atoms with Crippen molar-refractivity contribution in [3.05, 3.63) is 64.1 Å². The van der Waals surface area contributed by atoms with E-state index < -0.39 is 11.9 Å². The van der Waals surface area contributed by atoms with E-state index in [1.807, 2.05) is 57.2 Å². The maximum atomic E-state index is 12.6. The molecule has 146 valence electrons. The number of rotatable bonds is 7. The zero-order chi connectivity index (χ0) is 20.7. The molecule has 1 atom stereocenters. The highest BCUT2D eigenvalue weighted by atomic mass is 32.1. The molecule has 0 spiro atoms. The molecule has 1 N–H and O–H groups in total. The molecule has 0 fully saturated rings. The second-order valence-electron chi connectivity index (χ2n) is 6.77. The molecule has 1 amide bonds. The molecule has 2 aromatic rings. The van der Waals surface area contributed by atoms with E-state index in [1.54, 1.807) is 12.1 Å². The fourth-order valence-corrected chi connectivity index (χ4v) is 3.67. The van der Waals surface area contributed by atoms with Gasteiger partial charge in [0.15, 0.2) is 0 Å². The topological polar surface area (TPSA) is 79.2 Å². The summed E-state index contributed by atoms with van der Waals surface area (Å²) in [5.41, 5.74) is 1.47. The number of hydrogen-bond donors (Lipinski definition) is 1. The van der Waals surface area contributed by atoms with E-state index >= 15 is 0 Å². The average Bonchev–Trinajstić information content (AvgIpc) is 3.12. The Morgan fingerprint density at radius 2 is 1.93 bits per heavy atom. The Morgan fingerprint density at radius 3 is 2.50 bits per heavy atom. The van der Waals surface area contributed by atoms with Crippen LogP contribution in [0, 0.1) is 11.3 Å². The van der Waals surface area contributed by atoms with Crippen molar-refractivity contribution in [2.24, 2.45) is 0 Å². The average molecular weight is 397 g/mol. The van der Waals surface area contributed by atoms with Gasteiger partial charge in [0.1, 0.15) is 16.6 Å². The first kappa shape index (κ1) is 21.4. The normalized spacial score (nSPS) is 12.4. The second kappa shape index (κ2) is 9.86. The maximum Gasteiger partial charge on any atom is 0.340 e. The molecule has 5 nitrogen and oxygen atoms in total. The molecule has 1 heterocycles. The molecule has 28 heavy (non-hydrogen) atoms. The van der Waals surface area contributed by atoms with Crippen LogP contribution >= 0.6 is 11.3 Å². The van der Waals surface area contributed by atoms with Crippen LogP contribution < -0.4 is 5.32 Å². The van der Waals surface area contributed by atoms with Gasteiger partial charge in [-0.05, 0) is 29.9 Å². The fourth-order valence-electron chi connectivity index (χ4n) is 2.62. The van der Waals surface area contributed by atoms with Gasteiger partial charge in [-0.15, -0.1) is 11.3 Å². The molecule has 6 heteroatoms. The number of nitrogens with one attached hydrogen (secondary N) is 1. The molecule has 1 unspecified atom stereocenters. The summed E-state index contributed by atoms with van der Waals surface area (Å²) in [6, 6.07) is 13.6. The predicted octanol–water partition coefficient (Wildman–Crippen LogP) is 5.24. The number of carbonyl (C=O) groups is 2. The number of anilines is 1. The van der Waals surface area contributed by atoms with E-state index in [0.29, 0.717) is 17.0 Å². The van der Waals surface area contributed by atoms with E-state index in [0.717, 1.165) is 10.4 Å². The maximum absolute atomic E-state index is 12.6. The number of ether oxygens (including phenoxy) is 1. The minimum atomic E-state index is -0.523. The van der Waals surface area contributed by atoms with Gasteiger partial charge in [0.25, 0.3) is 5.91 Å². The third-order valence-corrected chi connectivity index (χ3v) is 5.71. The van der Waals surface area contributed by atoms with E-state index in [-0.39, 0.29) is 17.4 Å². The minimum absolute atomic E-state index is 0.0260. The number of methoxy groups -OCH3 is 1. The van der Waals surface area contributed by atoms with E-state index in [2.05, 4.69) is 5.32 Å². The summed E-state index contributed by atoms with van der Waals surface area (Å²) in [5, 5.41) is 12.5. The number of esters is 1. The number of hydrogen-bond acceptors (Lipinski definition) is 5. The van der Waals surface area contributed by atoms with E-state index in [9.17, 15) is 14.9 Å². The molecule has 0 saturated carbocycles. The Kier molecular flexibility index (Phi) is 7.53. The van der Waals surface area contributed by atoms with Crippen molar-refractivity contribution in [2.75, 3.05) is 12.4 Å². The van der Waals surface area contributed by atoms with Crippen LogP contribution in [0.25, 0.3) is 0 Å². The minimum Gasteiger partial charge on any atom is -0.465 e. The number of nitriles is 1. The SMILES string of the molecule is COC(=O)c1cc(C(C)C)sc1NC(=O)/C(C#N)=C/CC(C)c1ccccc1. The summed E-state index contributed by atoms with van der Waals surface area (Å²) < 4.78 is 4.80. The molecule has 0 radical (unpaired) electrons. The number of thiophene rings is 1. The molecule has 0 bridgehead atoms. The molecule has 0 saturated heterocycles. The zero-order valence-electron chi connectivity index (χ0n) is 16.5. The fraction of sp³-hybridized carbons (Fsp3) is 0.318. The Morgan fingerprint density at radius 1 is 1.25 bits per heavy atom. The van der Waals surface area contributed by atoms with Crippen molar-refractivity contribution in [1.29, 1.82) is 5.26 Å². The molecule has 0 aliphatic rings. The van der Waals surface area contributed by atoms with Crippen LogP contribution in [0.15, 0.2) is 48.0 Å². The highest BCUT2D eigenvalue weighted by Crippen LogP contribution is 2.33. The lowest BCUT2D eigenvalue weighted by atomic mass is 9.97. The quantitative estimate of drug-likeness (QED) is 0.394. The van der Waals surface area contributed by atoms with Crippen LogP contribution in [0.4, 0.5) is 5.00 Å². The summed E-state index contributed by atoms with van der Waals surface area (Å²) in [5.74, 6) is -0.655. The van der Waals surface area contributed by atoms with Crippen LogP contribution in [0.1, 0.15) is 59.8 Å². The molecule has 1 aromatic carbocycles. The Balaban J connectivity index is 2.18. The lowest BCUT2D eigenvalue weighted by Gasteiger charge is -2.09. The molecule has 2 rings (SSSR count). The highest BCUT2D eigenvalue weighted by molar-refractivity contribution is 7.16. The Bertz CT molecular complexity index is 908. The summed E-state index contributed by atoms with van der Waals surface area (Å²) in [6.45, 7) is 6.05. The van der Waals surface area contributed by atoms with E-state index in [1.165, 1.54) is 18.4 Å². The Labute approximate surface area is 169 Å². The lowest BCUT2D eigenvalue weighted by Crippen LogP contribution is -2.15. The van der Waals surface area contributed by atoms with Crippen LogP contribution in [0.5, 0.6) is 0 Å². The van der Waals surface area contributed by atoms with Crippen LogP contribution in [0.3, 0.4) is 0 Å². The standard InChI is InChI=1S/C22H24N2O3S/c1-14(2)19-12-18(22(26)27-4)21(28-19)24-20(25)17(13-23)11-10-15(3)16-8-6-5-7-9-16/h5-9,11-12,14-15H,10H2,1-4H3,(H,24,25)/b17-11+. The third kappa shape index (κ3) is 5.30. The van der Waals surface area contributed by atoms with Crippen molar-refractivity contribution in [1.82, 2.24) is 0 Å². The highest BCUT2D eigenvalue weighted by Gasteiger charge is 2.21. The third-order valence-electron chi connectivity index (χ3n) is 4.36. The summed E-state index contributed by atoms with van der Waals surface area (Å²) >= 11 is 1.32. The van der Waals surface area contributed by atoms with Crippen molar-refractivity contribution >= 4 is 28.2 Å². The summed E-state index contributed by atoms with van der Waals surface area (Å²) in [4.78, 5) is 25.6. The summed E-state index contributed by atoms with van der Waals surface area (Å²) in [6.07, 6.45) is 2.20. The van der Waals surface area contributed by atoms with Gasteiger partial charge in [0.2, 0.25) is 0 Å². The van der Waals surface area contributed by atoms with Crippen molar-refractivity contribution in [2.45, 2.75) is 39.0 Å².